The van der Waals surface area contributed by atoms with Crippen LogP contribution in [-0.2, 0) is 84.5 Å². The Balaban J connectivity index is 3.84. The first kappa shape index (κ1) is 46.2. The first-order valence-electron chi connectivity index (χ1n) is 14.6. The minimum Gasteiger partial charge on any atom is -0.466 e. The smallest absolute Gasteiger partial charge is 0.466 e. The maximum Gasteiger partial charge on any atom is 0.470 e. The van der Waals surface area contributed by atoms with E-state index in [1.54, 1.807) is 0 Å². The third kappa shape index (κ3) is 20.1. The van der Waals surface area contributed by atoms with Crippen molar-refractivity contribution in [2.45, 2.75) is 95.9 Å². The van der Waals surface area contributed by atoms with Crippen molar-refractivity contribution in [3.8, 4) is 0 Å². The summed E-state index contributed by atoms with van der Waals surface area (Å²) in [6.45, 7) is 2.18. The fourth-order valence-electron chi connectivity index (χ4n) is 4.29. The van der Waals surface area contributed by atoms with Crippen LogP contribution in [0.5, 0.6) is 0 Å². The lowest BCUT2D eigenvalue weighted by atomic mass is 9.84. The number of hydrogen-bond acceptors (Lipinski definition) is 18. The molecule has 1 aliphatic rings. The minimum absolute atomic E-state index is 0.221. The highest BCUT2D eigenvalue weighted by molar-refractivity contribution is 7.47. The molecule has 0 spiro atoms. The lowest BCUT2D eigenvalue weighted by molar-refractivity contribution is -0.241. The number of phosphoric ester groups is 3. The molecule has 0 aromatic carbocycles. The molecule has 0 aromatic rings. The molecule has 1 saturated carbocycles. The van der Waals surface area contributed by atoms with Gasteiger partial charge < -0.3 is 57.8 Å². The predicted octanol–water partition coefficient (Wildman–Crippen LogP) is -0.801. The molecule has 1 fully saturated rings. The second kappa shape index (κ2) is 21.0. The third-order valence-corrected chi connectivity index (χ3v) is 7.57. The quantitative estimate of drug-likeness (QED) is 0.0358. The Bertz CT molecular complexity index is 1290. The van der Waals surface area contributed by atoms with Crippen molar-refractivity contribution in [3.63, 3.8) is 0 Å². The maximum absolute atomic E-state index is 13.0. The molecule has 2 unspecified atom stereocenters. The van der Waals surface area contributed by atoms with Gasteiger partial charge in [-0.2, -0.15) is 0 Å². The van der Waals surface area contributed by atoms with Gasteiger partial charge in [0.25, 0.3) is 0 Å². The fourth-order valence-corrected chi connectivity index (χ4v) is 5.96. The van der Waals surface area contributed by atoms with Crippen LogP contribution in [0.2, 0.25) is 0 Å². The molecule has 294 valence electrons. The van der Waals surface area contributed by atoms with E-state index in [1.165, 1.54) is 0 Å². The average Bonchev–Trinajstić information content (AvgIpc) is 2.95. The molecule has 1 aliphatic carbocycles. The topological polar surface area (TPSA) is 358 Å². The number of phosphoric acid groups is 3. The van der Waals surface area contributed by atoms with Crippen molar-refractivity contribution < 1.29 is 114 Å². The number of rotatable bonds is 21. The zero-order valence-corrected chi connectivity index (χ0v) is 29.9. The van der Waals surface area contributed by atoms with Gasteiger partial charge in [-0.3, -0.25) is 42.3 Å². The van der Waals surface area contributed by atoms with Crippen molar-refractivity contribution in [2.75, 3.05) is 19.8 Å². The van der Waals surface area contributed by atoms with Gasteiger partial charge in [-0.25, -0.2) is 13.7 Å². The van der Waals surface area contributed by atoms with Gasteiger partial charge >= 0.3 is 59.3 Å². The Labute approximate surface area is 289 Å². The molecule has 24 nitrogen and oxygen atoms in total. The van der Waals surface area contributed by atoms with E-state index in [0.717, 1.165) is 20.8 Å². The van der Waals surface area contributed by atoms with Crippen LogP contribution in [0.4, 0.5) is 0 Å². The highest BCUT2D eigenvalue weighted by Crippen LogP contribution is 2.51. The molecular weight excluding hydrogens is 765 g/mol. The summed E-state index contributed by atoms with van der Waals surface area (Å²) in [7, 11) is -17.6. The largest absolute Gasteiger partial charge is 0.470 e. The predicted molar refractivity (Wildman–Crippen MR) is 158 cm³/mol. The zero-order valence-electron chi connectivity index (χ0n) is 27.2. The molecule has 6 N–H and O–H groups in total. The van der Waals surface area contributed by atoms with Crippen LogP contribution in [0.3, 0.4) is 0 Å². The summed E-state index contributed by atoms with van der Waals surface area (Å²) in [5.41, 5.74) is 0. The second-order valence-corrected chi connectivity index (χ2v) is 14.0. The Morgan fingerprint density at radius 1 is 0.431 bits per heavy atom. The van der Waals surface area contributed by atoms with Crippen LogP contribution >= 0.6 is 23.5 Å². The first-order valence-corrected chi connectivity index (χ1v) is 19.2. The van der Waals surface area contributed by atoms with Gasteiger partial charge in [-0.1, -0.05) is 0 Å². The van der Waals surface area contributed by atoms with E-state index in [0.29, 0.717) is 0 Å². The summed E-state index contributed by atoms with van der Waals surface area (Å²) in [5, 5.41) is 0. The Hall–Kier alpha value is -2.85. The summed E-state index contributed by atoms with van der Waals surface area (Å²) >= 11 is 0. The summed E-state index contributed by atoms with van der Waals surface area (Å²) < 4.78 is 80.0. The number of carbonyl (C=O) groups is 6. The summed E-state index contributed by atoms with van der Waals surface area (Å²) in [6.07, 6.45) is -18.1. The monoisotopic (exact) mass is 804 g/mol. The molecule has 51 heavy (non-hydrogen) atoms. The Morgan fingerprint density at radius 2 is 0.647 bits per heavy atom. The molecule has 0 radical (unpaired) electrons. The number of hydrogen-bond donors (Lipinski definition) is 6. The highest BCUT2D eigenvalue weighted by atomic mass is 31.2. The van der Waals surface area contributed by atoms with E-state index in [1.807, 2.05) is 0 Å². The van der Waals surface area contributed by atoms with E-state index in [-0.39, 0.29) is 39.1 Å². The third-order valence-electron chi connectivity index (χ3n) is 6.01. The van der Waals surface area contributed by atoms with Crippen molar-refractivity contribution >= 4 is 59.3 Å². The molecule has 0 amide bonds. The van der Waals surface area contributed by atoms with Crippen LogP contribution in [-0.4, -0.2) is 122 Å². The van der Waals surface area contributed by atoms with Gasteiger partial charge in [0.1, 0.15) is 18.3 Å². The van der Waals surface area contributed by atoms with Gasteiger partial charge in [0.2, 0.25) is 0 Å². The van der Waals surface area contributed by atoms with E-state index in [4.69, 9.17) is 28.4 Å². The molecule has 1 rings (SSSR count). The molecule has 0 heterocycles. The number of carbonyl (C=O) groups excluding carboxylic acids is 6. The van der Waals surface area contributed by atoms with Crippen LogP contribution in [0, 0.1) is 0 Å². The zero-order chi connectivity index (χ0) is 39.2. The summed E-state index contributed by atoms with van der Waals surface area (Å²) in [6, 6.07) is 0. The lowest BCUT2D eigenvalue weighted by Crippen LogP contribution is -2.67. The van der Waals surface area contributed by atoms with Gasteiger partial charge in [0, 0.05) is 40.0 Å². The molecular formula is C24H39O24P3. The molecule has 6 atom stereocenters. The van der Waals surface area contributed by atoms with E-state index in [2.05, 4.69) is 13.6 Å². The highest BCUT2D eigenvalue weighted by Gasteiger charge is 2.62. The van der Waals surface area contributed by atoms with E-state index < -0.39 is 115 Å². The Kier molecular flexibility index (Phi) is 19.0. The van der Waals surface area contributed by atoms with Crippen molar-refractivity contribution in [1.82, 2.24) is 0 Å². The van der Waals surface area contributed by atoms with Crippen molar-refractivity contribution in [1.29, 1.82) is 0 Å². The summed E-state index contributed by atoms with van der Waals surface area (Å²) in [4.78, 5) is 130. The molecule has 27 heteroatoms. The van der Waals surface area contributed by atoms with Crippen LogP contribution in [0.25, 0.3) is 0 Å². The van der Waals surface area contributed by atoms with Crippen LogP contribution < -0.4 is 0 Å². The van der Waals surface area contributed by atoms with Gasteiger partial charge in [0.05, 0.1) is 19.8 Å². The van der Waals surface area contributed by atoms with E-state index in [9.17, 15) is 71.8 Å². The minimum atomic E-state index is -5.89. The second-order valence-electron chi connectivity index (χ2n) is 10.4. The molecule has 0 saturated heterocycles. The van der Waals surface area contributed by atoms with E-state index >= 15 is 0 Å². The summed E-state index contributed by atoms with van der Waals surface area (Å²) in [5.74, 6) is -6.10. The van der Waals surface area contributed by atoms with Crippen molar-refractivity contribution in [3.05, 3.63) is 0 Å². The van der Waals surface area contributed by atoms with Crippen molar-refractivity contribution in [2.24, 2.45) is 0 Å². The molecule has 0 bridgehead atoms. The standard InChI is InChI=1S/C24H39O24P3/c1-13(25)40-10-4-7-16(28)43-19-20(44-17(29)8-5-11-41-14(2)26)22(46-49(31,32)33)24(48-51(37,38)39)23(47-50(34,35)36)21(19)45-18(30)9-6-12-42-15(3)27/h19-24H,4-12H2,1-3H3,(H2,31,32,33)(H2,34,35,36)(H2,37,38,39)/t19?,20-,21+,22-,23-,24?/m0/s1. The normalized spacial score (nSPS) is 22.3. The maximum atomic E-state index is 13.0. The number of esters is 6. The van der Waals surface area contributed by atoms with Gasteiger partial charge in [0.15, 0.2) is 18.3 Å². The lowest BCUT2D eigenvalue weighted by Gasteiger charge is -2.47. The van der Waals surface area contributed by atoms with Gasteiger partial charge in [-0.05, 0) is 19.3 Å². The van der Waals surface area contributed by atoms with Gasteiger partial charge in [-0.15, -0.1) is 0 Å². The molecule has 0 aromatic heterocycles. The average molecular weight is 804 g/mol. The Morgan fingerprint density at radius 3 is 0.863 bits per heavy atom. The van der Waals surface area contributed by atoms with Crippen LogP contribution in [0.15, 0.2) is 0 Å². The fraction of sp³-hybridized carbons (Fsp3) is 0.750. The molecule has 0 aliphatic heterocycles. The number of ether oxygens (including phenoxy) is 6. The van der Waals surface area contributed by atoms with Crippen LogP contribution in [0.1, 0.15) is 59.3 Å². The first-order chi connectivity index (χ1) is 23.4. The SMILES string of the molecule is CC(=O)OCCCC(=O)OC1[C@@H](OC(=O)CCCOC(C)=O)[C@H](OP(=O)(O)O)C(OP(=O)(O)O)[C@@H](OP(=O)(O)O)[C@H]1OC(=O)CCCOC(C)=O.